The third-order valence-corrected chi connectivity index (χ3v) is 1.12. The lowest BCUT2D eigenvalue weighted by atomic mass is 10.3. The van der Waals surface area contributed by atoms with Gasteiger partial charge in [0.2, 0.25) is 0 Å². The zero-order valence-corrected chi connectivity index (χ0v) is 6.22. The van der Waals surface area contributed by atoms with Crippen molar-refractivity contribution in [3.05, 3.63) is 29.6 Å². The first kappa shape index (κ1) is 10.8. The number of aromatic nitrogens is 1. The molecule has 0 atom stereocenters. The Kier molecular flexibility index (Phi) is 2.43. The van der Waals surface area contributed by atoms with Crippen molar-refractivity contribution < 1.29 is 26.3 Å². The van der Waals surface area contributed by atoms with Gasteiger partial charge in [-0.1, -0.05) is 0 Å². The molecule has 0 saturated carbocycles. The summed E-state index contributed by atoms with van der Waals surface area (Å²) in [6.45, 7) is 0. The number of rotatable bonds is 0. The van der Waals surface area contributed by atoms with Crippen LogP contribution in [0.25, 0.3) is 0 Å². The van der Waals surface area contributed by atoms with E-state index < -0.39 is 23.7 Å². The van der Waals surface area contributed by atoms with Gasteiger partial charge >= 0.3 is 12.4 Å². The summed E-state index contributed by atoms with van der Waals surface area (Å²) in [6, 6.07) is 4.30. The molecule has 14 heavy (non-hydrogen) atoms. The monoisotopic (exact) mass is 212 g/mol. The quantitative estimate of drug-likeness (QED) is 0.602. The molecule has 1 aromatic heterocycles. The van der Waals surface area contributed by atoms with Crippen LogP contribution >= 0.6 is 0 Å². The third kappa shape index (κ3) is 2.36. The SMILES string of the molecule is FC(F)(F)c1[c][c][c]c(C(F)(F)F)n1. The van der Waals surface area contributed by atoms with E-state index in [9.17, 15) is 26.3 Å². The maximum atomic E-state index is 11.9. The van der Waals surface area contributed by atoms with Gasteiger partial charge in [0.25, 0.3) is 0 Å². The molecule has 0 aromatic carbocycles. The molecule has 0 spiro atoms. The summed E-state index contributed by atoms with van der Waals surface area (Å²) in [5, 5.41) is 0. The lowest BCUT2D eigenvalue weighted by Crippen LogP contribution is -2.14. The Morgan fingerprint density at radius 3 is 1.43 bits per heavy atom. The first-order valence-corrected chi connectivity index (χ1v) is 3.08. The first-order chi connectivity index (χ1) is 6.21. The lowest BCUT2D eigenvalue weighted by Gasteiger charge is -2.08. The van der Waals surface area contributed by atoms with E-state index >= 15 is 0 Å². The van der Waals surface area contributed by atoms with E-state index in [1.807, 2.05) is 0 Å². The van der Waals surface area contributed by atoms with Crippen molar-refractivity contribution in [1.82, 2.24) is 4.98 Å². The Labute approximate surface area is 74.4 Å². The summed E-state index contributed by atoms with van der Waals surface area (Å²) >= 11 is 0. The highest BCUT2D eigenvalue weighted by Crippen LogP contribution is 2.31. The van der Waals surface area contributed by atoms with Crippen LogP contribution in [0.2, 0.25) is 0 Å². The van der Waals surface area contributed by atoms with Crippen LogP contribution in [0.3, 0.4) is 0 Å². The Bertz CT molecular complexity index is 296. The average Bonchev–Trinajstić information content (AvgIpc) is 2.01. The molecule has 1 rings (SSSR count). The number of alkyl halides is 6. The molecule has 0 bridgehead atoms. The molecule has 3 radical (unpaired) electrons. The van der Waals surface area contributed by atoms with Gasteiger partial charge < -0.3 is 0 Å². The van der Waals surface area contributed by atoms with Gasteiger partial charge in [-0.25, -0.2) is 4.98 Å². The second-order valence-corrected chi connectivity index (χ2v) is 2.18. The van der Waals surface area contributed by atoms with E-state index in [0.29, 0.717) is 0 Å². The predicted molar refractivity (Wildman–Crippen MR) is 30.7 cm³/mol. The number of nitrogens with zero attached hydrogens (tertiary/aromatic N) is 1. The molecule has 75 valence electrons. The van der Waals surface area contributed by atoms with Crippen molar-refractivity contribution in [3.63, 3.8) is 0 Å². The van der Waals surface area contributed by atoms with Gasteiger partial charge in [-0.15, -0.1) is 0 Å². The van der Waals surface area contributed by atoms with Gasteiger partial charge in [-0.2, -0.15) is 26.3 Å². The van der Waals surface area contributed by atoms with Crippen molar-refractivity contribution in [2.75, 3.05) is 0 Å². The van der Waals surface area contributed by atoms with Gasteiger partial charge in [-0.05, 0) is 0 Å². The molecule has 1 nitrogen and oxygen atoms in total. The van der Waals surface area contributed by atoms with E-state index in [-0.39, 0.29) is 0 Å². The molecule has 0 saturated heterocycles. The fourth-order valence-electron chi connectivity index (χ4n) is 0.586. The van der Waals surface area contributed by atoms with Crippen LogP contribution in [-0.4, -0.2) is 4.98 Å². The largest absolute Gasteiger partial charge is 0.433 e. The Morgan fingerprint density at radius 1 is 0.786 bits per heavy atom. The number of hydrogen-bond donors (Lipinski definition) is 0. The van der Waals surface area contributed by atoms with E-state index in [1.165, 1.54) is 18.2 Å². The fraction of sp³-hybridized carbons (Fsp3) is 0.286. The predicted octanol–water partition coefficient (Wildman–Crippen LogP) is 2.52. The lowest BCUT2D eigenvalue weighted by molar-refractivity contribution is -0.150. The number of pyridine rings is 1. The number of hydrogen-bond acceptors (Lipinski definition) is 1. The van der Waals surface area contributed by atoms with Crippen molar-refractivity contribution in [2.45, 2.75) is 12.4 Å². The van der Waals surface area contributed by atoms with Crippen LogP contribution in [0.15, 0.2) is 0 Å². The minimum Gasteiger partial charge on any atom is -0.237 e. The molecule has 0 aliphatic rings. The van der Waals surface area contributed by atoms with Gasteiger partial charge in [0.05, 0.1) is 0 Å². The standard InChI is InChI=1S/C7F6N/c8-6(9,10)4-2-1-3-5(14-4)7(11,12)13. The summed E-state index contributed by atoms with van der Waals surface area (Å²) in [5.41, 5.74) is -3.52. The van der Waals surface area contributed by atoms with Crippen LogP contribution in [0.1, 0.15) is 11.4 Å². The maximum absolute atomic E-state index is 11.9. The molecule has 0 amide bonds. The highest BCUT2D eigenvalue weighted by molar-refractivity contribution is 5.11. The van der Waals surface area contributed by atoms with Crippen molar-refractivity contribution in [3.8, 4) is 0 Å². The van der Waals surface area contributed by atoms with Crippen LogP contribution in [0, 0.1) is 18.2 Å². The zero-order valence-electron chi connectivity index (χ0n) is 6.22. The molecular formula is C7F6N. The molecule has 0 aliphatic carbocycles. The Balaban J connectivity index is 3.15. The molecule has 0 fully saturated rings. The highest BCUT2D eigenvalue weighted by atomic mass is 19.4. The topological polar surface area (TPSA) is 12.9 Å². The van der Waals surface area contributed by atoms with E-state index in [0.717, 1.165) is 0 Å². The summed E-state index contributed by atoms with van der Waals surface area (Å²) in [4.78, 5) is 2.32. The van der Waals surface area contributed by atoms with Gasteiger partial charge in [0.1, 0.15) is 0 Å². The average molecular weight is 212 g/mol. The van der Waals surface area contributed by atoms with E-state index in [4.69, 9.17) is 0 Å². The van der Waals surface area contributed by atoms with Crippen LogP contribution in [0.5, 0.6) is 0 Å². The van der Waals surface area contributed by atoms with Gasteiger partial charge in [0.15, 0.2) is 11.4 Å². The highest BCUT2D eigenvalue weighted by Gasteiger charge is 2.38. The number of halogens is 6. The molecular weight excluding hydrogens is 212 g/mol. The van der Waals surface area contributed by atoms with Crippen molar-refractivity contribution in [2.24, 2.45) is 0 Å². The van der Waals surface area contributed by atoms with E-state index in [2.05, 4.69) is 4.98 Å². The minimum atomic E-state index is -4.97. The van der Waals surface area contributed by atoms with Gasteiger partial charge in [-0.3, -0.25) is 0 Å². The second kappa shape index (κ2) is 3.14. The maximum Gasteiger partial charge on any atom is 0.433 e. The third-order valence-electron chi connectivity index (χ3n) is 1.12. The molecule has 1 heterocycles. The van der Waals surface area contributed by atoms with Crippen molar-refractivity contribution in [1.29, 1.82) is 0 Å². The molecule has 0 aliphatic heterocycles. The second-order valence-electron chi connectivity index (χ2n) is 2.18. The smallest absolute Gasteiger partial charge is 0.237 e. The zero-order chi connectivity index (χ0) is 11.0. The van der Waals surface area contributed by atoms with Crippen LogP contribution < -0.4 is 0 Å². The minimum absolute atomic E-state index is 1.40. The van der Waals surface area contributed by atoms with E-state index in [1.54, 1.807) is 0 Å². The fourth-order valence-corrected chi connectivity index (χ4v) is 0.586. The Morgan fingerprint density at radius 2 is 1.14 bits per heavy atom. The summed E-state index contributed by atoms with van der Waals surface area (Å²) in [6.07, 6.45) is -9.93. The first-order valence-electron chi connectivity index (χ1n) is 3.08. The summed E-state index contributed by atoms with van der Waals surface area (Å²) in [7, 11) is 0. The summed E-state index contributed by atoms with van der Waals surface area (Å²) in [5.74, 6) is 0. The van der Waals surface area contributed by atoms with Gasteiger partial charge in [0, 0.05) is 18.2 Å². The molecule has 0 unspecified atom stereocenters. The normalized spacial score (nSPS) is 13.0. The summed E-state index contributed by atoms with van der Waals surface area (Å²) < 4.78 is 71.2. The molecule has 7 heteroatoms. The Hall–Kier alpha value is -1.27. The van der Waals surface area contributed by atoms with Crippen LogP contribution in [0.4, 0.5) is 26.3 Å². The molecule has 0 N–H and O–H groups in total. The molecule has 1 aromatic rings. The van der Waals surface area contributed by atoms with Crippen molar-refractivity contribution >= 4 is 0 Å². The van der Waals surface area contributed by atoms with Crippen LogP contribution in [-0.2, 0) is 12.4 Å².